The second-order valence-corrected chi connectivity index (χ2v) is 9.98. The number of likely N-dealkylation sites (N-methyl/N-ethyl adjacent to an activating group) is 1. The van der Waals surface area contributed by atoms with Crippen LogP contribution in [0.2, 0.25) is 5.15 Å². The highest BCUT2D eigenvalue weighted by Gasteiger charge is 2.34. The molecular formula is C25H33ClN6O2. The fourth-order valence-electron chi connectivity index (χ4n) is 5.61. The van der Waals surface area contributed by atoms with Crippen molar-refractivity contribution in [1.82, 2.24) is 29.8 Å². The zero-order chi connectivity index (χ0) is 23.8. The van der Waals surface area contributed by atoms with Gasteiger partial charge in [-0.15, -0.1) is 0 Å². The van der Waals surface area contributed by atoms with Gasteiger partial charge in [-0.2, -0.15) is 5.10 Å². The summed E-state index contributed by atoms with van der Waals surface area (Å²) >= 11 is 6.66. The van der Waals surface area contributed by atoms with Crippen LogP contribution in [0.3, 0.4) is 0 Å². The van der Waals surface area contributed by atoms with Crippen LogP contribution in [0.15, 0.2) is 4.52 Å². The van der Waals surface area contributed by atoms with Crippen LogP contribution in [0, 0.1) is 6.92 Å². The average Bonchev–Trinajstić information content (AvgIpc) is 3.54. The minimum Gasteiger partial charge on any atom is -0.360 e. The Bertz CT molecular complexity index is 1200. The second kappa shape index (κ2) is 9.74. The van der Waals surface area contributed by atoms with Gasteiger partial charge in [0, 0.05) is 18.0 Å². The normalized spacial score (nSPS) is 20.8. The van der Waals surface area contributed by atoms with Gasteiger partial charge in [0.2, 0.25) is 0 Å². The number of unbranched alkanes of at least 4 members (excludes halogenated alkanes) is 1. The number of likely N-dealkylation sites (tertiary alicyclic amines) is 1. The van der Waals surface area contributed by atoms with Gasteiger partial charge in [0.1, 0.15) is 10.9 Å². The first kappa shape index (κ1) is 23.4. The Hall–Kier alpha value is -2.32. The fraction of sp³-hybridized carbons (Fsp3) is 0.640. The predicted octanol–water partition coefficient (Wildman–Crippen LogP) is 5.11. The number of halogens is 1. The van der Waals surface area contributed by atoms with Gasteiger partial charge >= 0.3 is 0 Å². The summed E-state index contributed by atoms with van der Waals surface area (Å²) in [6.45, 7) is 9.19. The summed E-state index contributed by atoms with van der Waals surface area (Å²) in [6.07, 6.45) is 7.39. The van der Waals surface area contributed by atoms with Gasteiger partial charge in [0.15, 0.2) is 22.9 Å². The van der Waals surface area contributed by atoms with Crippen molar-refractivity contribution in [2.45, 2.75) is 90.6 Å². The van der Waals surface area contributed by atoms with E-state index in [1.54, 1.807) is 0 Å². The number of aryl methyl sites for hydroxylation is 1. The lowest BCUT2D eigenvalue weighted by molar-refractivity contribution is -0.121. The van der Waals surface area contributed by atoms with Crippen molar-refractivity contribution in [3.05, 3.63) is 22.2 Å². The van der Waals surface area contributed by atoms with Crippen LogP contribution in [-0.2, 0) is 17.8 Å². The summed E-state index contributed by atoms with van der Waals surface area (Å²) in [5, 5.41) is 10.3. The van der Waals surface area contributed by atoms with Gasteiger partial charge in [0.25, 0.3) is 0 Å². The van der Waals surface area contributed by atoms with Crippen molar-refractivity contribution in [3.8, 4) is 11.5 Å². The maximum Gasteiger partial charge on any atom is 0.185 e. The van der Waals surface area contributed by atoms with E-state index in [-0.39, 0.29) is 11.7 Å². The Balaban J connectivity index is 1.52. The van der Waals surface area contributed by atoms with Gasteiger partial charge in [-0.1, -0.05) is 37.0 Å². The van der Waals surface area contributed by atoms with Gasteiger partial charge in [-0.05, 0) is 58.5 Å². The van der Waals surface area contributed by atoms with E-state index in [2.05, 4.69) is 28.9 Å². The molecule has 2 atom stereocenters. The molecule has 0 aromatic carbocycles. The Morgan fingerprint density at radius 1 is 1.21 bits per heavy atom. The first-order valence-corrected chi connectivity index (χ1v) is 13.1. The standard InChI is InChI=1S/C25H33ClN6O2/c1-4-6-12-19(33)17-10-7-11-18-21(30-34-22(17)18)24-27-23(26)20-15(3)29-32(25(20)28-24)14-16-9-8-13-31(16)5-2/h16-17H,4-14H2,1-3H3. The van der Waals surface area contributed by atoms with Crippen molar-refractivity contribution in [2.24, 2.45) is 0 Å². The molecule has 9 heteroatoms. The SMILES string of the molecule is CCCCC(=O)C1CCCc2c(-c3nc(Cl)c4c(C)nn(CC5CCCN5CC)c4n3)noc21. The smallest absolute Gasteiger partial charge is 0.185 e. The number of fused-ring (bicyclic) bond motifs is 2. The van der Waals surface area contributed by atoms with Crippen LogP contribution in [0.4, 0.5) is 0 Å². The molecule has 1 aliphatic carbocycles. The molecule has 8 nitrogen and oxygen atoms in total. The molecule has 2 unspecified atom stereocenters. The quantitative estimate of drug-likeness (QED) is 0.410. The number of hydrogen-bond acceptors (Lipinski definition) is 7. The van der Waals surface area contributed by atoms with Gasteiger partial charge in [-0.3, -0.25) is 9.69 Å². The van der Waals surface area contributed by atoms with Crippen LogP contribution >= 0.6 is 11.6 Å². The molecule has 0 radical (unpaired) electrons. The molecule has 1 aliphatic heterocycles. The summed E-state index contributed by atoms with van der Waals surface area (Å²) in [5.74, 6) is 1.16. The summed E-state index contributed by atoms with van der Waals surface area (Å²) < 4.78 is 7.73. The molecule has 182 valence electrons. The average molecular weight is 485 g/mol. The topological polar surface area (TPSA) is 89.9 Å². The molecule has 3 aromatic rings. The van der Waals surface area contributed by atoms with Crippen molar-refractivity contribution >= 4 is 28.4 Å². The fourth-order valence-corrected chi connectivity index (χ4v) is 5.91. The van der Waals surface area contributed by atoms with Crippen LogP contribution in [0.1, 0.15) is 81.7 Å². The van der Waals surface area contributed by atoms with Crippen LogP contribution in [0.5, 0.6) is 0 Å². The zero-order valence-electron chi connectivity index (χ0n) is 20.3. The zero-order valence-corrected chi connectivity index (χ0v) is 21.1. The summed E-state index contributed by atoms with van der Waals surface area (Å²) in [4.78, 5) is 24.8. The van der Waals surface area contributed by atoms with E-state index in [4.69, 9.17) is 26.2 Å². The lowest BCUT2D eigenvalue weighted by Crippen LogP contribution is -2.33. The summed E-state index contributed by atoms with van der Waals surface area (Å²) in [7, 11) is 0. The Labute approximate surface area is 205 Å². The molecule has 0 saturated carbocycles. The Kier molecular flexibility index (Phi) is 6.71. The number of nitrogens with zero attached hydrogens (tertiary/aromatic N) is 6. The number of carbonyl (C=O) groups excluding carboxylic acids is 1. The largest absolute Gasteiger partial charge is 0.360 e. The van der Waals surface area contributed by atoms with Crippen LogP contribution in [0.25, 0.3) is 22.6 Å². The highest BCUT2D eigenvalue weighted by Crippen LogP contribution is 2.39. The molecule has 1 saturated heterocycles. The van der Waals surface area contributed by atoms with Gasteiger partial charge in [0.05, 0.1) is 23.5 Å². The molecule has 1 fully saturated rings. The maximum absolute atomic E-state index is 12.8. The summed E-state index contributed by atoms with van der Waals surface area (Å²) in [6, 6.07) is 0.444. The molecule has 0 amide bonds. The van der Waals surface area contributed by atoms with Crippen LogP contribution in [-0.4, -0.2) is 54.7 Å². The van der Waals surface area contributed by atoms with E-state index < -0.39 is 0 Å². The van der Waals surface area contributed by atoms with Crippen LogP contribution < -0.4 is 0 Å². The Morgan fingerprint density at radius 3 is 2.85 bits per heavy atom. The number of aromatic nitrogens is 5. The van der Waals surface area contributed by atoms with E-state index in [0.29, 0.717) is 34.9 Å². The molecular weight excluding hydrogens is 452 g/mol. The van der Waals surface area contributed by atoms with Gasteiger partial charge < -0.3 is 4.52 Å². The monoisotopic (exact) mass is 484 g/mol. The molecule has 0 bridgehead atoms. The number of Topliss-reactive ketones (excluding diaryl/α,β-unsaturated/α-hetero) is 1. The minimum absolute atomic E-state index is 0.217. The number of ketones is 1. The minimum atomic E-state index is -0.217. The highest BCUT2D eigenvalue weighted by atomic mass is 35.5. The molecule has 0 spiro atoms. The van der Waals surface area contributed by atoms with E-state index in [0.717, 1.165) is 80.4 Å². The molecule has 3 aromatic heterocycles. The number of carbonyl (C=O) groups is 1. The summed E-state index contributed by atoms with van der Waals surface area (Å²) in [5.41, 5.74) is 3.12. The van der Waals surface area contributed by atoms with Gasteiger partial charge in [-0.25, -0.2) is 14.6 Å². The molecule has 34 heavy (non-hydrogen) atoms. The first-order valence-electron chi connectivity index (χ1n) is 12.7. The third-order valence-electron chi connectivity index (χ3n) is 7.44. The van der Waals surface area contributed by atoms with Crippen molar-refractivity contribution in [2.75, 3.05) is 13.1 Å². The van der Waals surface area contributed by atoms with Crippen molar-refractivity contribution in [1.29, 1.82) is 0 Å². The number of rotatable bonds is 8. The predicted molar refractivity (Wildman–Crippen MR) is 131 cm³/mol. The molecule has 2 aliphatic rings. The lowest BCUT2D eigenvalue weighted by atomic mass is 9.83. The first-order chi connectivity index (χ1) is 16.5. The van der Waals surface area contributed by atoms with Crippen molar-refractivity contribution in [3.63, 3.8) is 0 Å². The molecule has 4 heterocycles. The number of hydrogen-bond donors (Lipinski definition) is 0. The Morgan fingerprint density at radius 2 is 2.06 bits per heavy atom. The molecule has 0 N–H and O–H groups in total. The van der Waals surface area contributed by atoms with E-state index in [9.17, 15) is 4.79 Å². The van der Waals surface area contributed by atoms with E-state index in [1.165, 1.54) is 6.42 Å². The second-order valence-electron chi connectivity index (χ2n) is 9.62. The molecule has 5 rings (SSSR count). The lowest BCUT2D eigenvalue weighted by Gasteiger charge is -2.22. The third kappa shape index (κ3) is 4.15. The maximum atomic E-state index is 12.8. The van der Waals surface area contributed by atoms with Crippen molar-refractivity contribution < 1.29 is 9.32 Å². The third-order valence-corrected chi connectivity index (χ3v) is 7.72. The van der Waals surface area contributed by atoms with E-state index in [1.807, 2.05) is 11.6 Å². The highest BCUT2D eigenvalue weighted by molar-refractivity contribution is 6.34. The van der Waals surface area contributed by atoms with E-state index >= 15 is 0 Å².